The second kappa shape index (κ2) is 8.03. The highest BCUT2D eigenvalue weighted by Crippen LogP contribution is 2.32. The molecule has 21 heavy (non-hydrogen) atoms. The standard InChI is InChI=1S/C17H26N2O2/c1-3-13(2)19-17(20)8-10-18-12-14-9-11-21-16-7-5-4-6-15(14)16/h4-7,13-14,18H,3,8-12H2,1-2H3,(H,19,20). The predicted molar refractivity (Wildman–Crippen MR) is 84.7 cm³/mol. The fourth-order valence-corrected chi connectivity index (χ4v) is 2.56. The molecule has 0 aliphatic carbocycles. The van der Waals surface area contributed by atoms with Crippen LogP contribution in [0.5, 0.6) is 5.75 Å². The van der Waals surface area contributed by atoms with Crippen LogP contribution in [-0.4, -0.2) is 31.6 Å². The van der Waals surface area contributed by atoms with Crippen molar-refractivity contribution in [1.29, 1.82) is 0 Å². The summed E-state index contributed by atoms with van der Waals surface area (Å²) < 4.78 is 5.66. The van der Waals surface area contributed by atoms with Crippen LogP contribution in [0.1, 0.15) is 44.6 Å². The van der Waals surface area contributed by atoms with Crippen LogP contribution in [0.4, 0.5) is 0 Å². The monoisotopic (exact) mass is 290 g/mol. The van der Waals surface area contributed by atoms with Gasteiger partial charge in [-0.15, -0.1) is 0 Å². The van der Waals surface area contributed by atoms with Crippen LogP contribution < -0.4 is 15.4 Å². The van der Waals surface area contributed by atoms with Crippen LogP contribution >= 0.6 is 0 Å². The van der Waals surface area contributed by atoms with E-state index in [1.807, 2.05) is 19.1 Å². The first-order valence-corrected chi connectivity index (χ1v) is 7.92. The number of carbonyl (C=O) groups excluding carboxylic acids is 1. The van der Waals surface area contributed by atoms with Crippen molar-refractivity contribution in [3.05, 3.63) is 29.8 Å². The molecular formula is C17H26N2O2. The molecule has 116 valence electrons. The average molecular weight is 290 g/mol. The van der Waals surface area contributed by atoms with Crippen LogP contribution in [0.2, 0.25) is 0 Å². The highest BCUT2D eigenvalue weighted by atomic mass is 16.5. The third kappa shape index (κ3) is 4.74. The zero-order valence-electron chi connectivity index (χ0n) is 13.0. The molecule has 1 aliphatic rings. The number of rotatable bonds is 7. The molecule has 1 aromatic carbocycles. The lowest BCUT2D eigenvalue weighted by molar-refractivity contribution is -0.121. The van der Waals surface area contributed by atoms with E-state index in [0.29, 0.717) is 12.3 Å². The summed E-state index contributed by atoms with van der Waals surface area (Å²) in [5, 5.41) is 6.39. The summed E-state index contributed by atoms with van der Waals surface area (Å²) >= 11 is 0. The molecule has 1 heterocycles. The maximum atomic E-state index is 11.7. The second-order valence-electron chi connectivity index (χ2n) is 5.70. The Bertz CT molecular complexity index is 462. The van der Waals surface area contributed by atoms with Crippen molar-refractivity contribution in [1.82, 2.24) is 10.6 Å². The molecule has 1 amide bonds. The van der Waals surface area contributed by atoms with E-state index in [4.69, 9.17) is 4.74 Å². The minimum atomic E-state index is 0.129. The Hall–Kier alpha value is -1.55. The highest BCUT2D eigenvalue weighted by molar-refractivity contribution is 5.76. The molecule has 0 spiro atoms. The molecule has 2 unspecified atom stereocenters. The number of carbonyl (C=O) groups is 1. The fourth-order valence-electron chi connectivity index (χ4n) is 2.56. The van der Waals surface area contributed by atoms with Crippen molar-refractivity contribution in [3.8, 4) is 5.75 Å². The zero-order valence-corrected chi connectivity index (χ0v) is 13.0. The Morgan fingerprint density at radius 3 is 3.05 bits per heavy atom. The van der Waals surface area contributed by atoms with E-state index in [2.05, 4.69) is 29.7 Å². The number of hydrogen-bond acceptors (Lipinski definition) is 3. The molecule has 1 aromatic rings. The maximum absolute atomic E-state index is 11.7. The summed E-state index contributed by atoms with van der Waals surface area (Å²) in [4.78, 5) is 11.7. The maximum Gasteiger partial charge on any atom is 0.221 e. The first-order chi connectivity index (χ1) is 10.2. The highest BCUT2D eigenvalue weighted by Gasteiger charge is 2.20. The quantitative estimate of drug-likeness (QED) is 0.758. The van der Waals surface area contributed by atoms with Crippen LogP contribution in [0, 0.1) is 0 Å². The van der Waals surface area contributed by atoms with Crippen LogP contribution in [-0.2, 0) is 4.79 Å². The lowest BCUT2D eigenvalue weighted by Gasteiger charge is -2.26. The Morgan fingerprint density at radius 2 is 2.24 bits per heavy atom. The van der Waals surface area contributed by atoms with E-state index in [-0.39, 0.29) is 11.9 Å². The zero-order chi connectivity index (χ0) is 15.1. The Labute approximate surface area is 127 Å². The number of ether oxygens (including phenoxy) is 1. The van der Waals surface area contributed by atoms with E-state index in [1.165, 1.54) is 5.56 Å². The molecule has 0 radical (unpaired) electrons. The number of nitrogens with one attached hydrogen (secondary N) is 2. The van der Waals surface area contributed by atoms with Crippen LogP contribution in [0.15, 0.2) is 24.3 Å². The van der Waals surface area contributed by atoms with Gasteiger partial charge in [0.2, 0.25) is 5.91 Å². The smallest absolute Gasteiger partial charge is 0.221 e. The van der Waals surface area contributed by atoms with Gasteiger partial charge < -0.3 is 15.4 Å². The molecule has 0 bridgehead atoms. The number of benzene rings is 1. The summed E-state index contributed by atoms with van der Waals surface area (Å²) in [5.41, 5.74) is 1.28. The molecule has 0 saturated heterocycles. The van der Waals surface area contributed by atoms with E-state index < -0.39 is 0 Å². The summed E-state index contributed by atoms with van der Waals surface area (Å²) in [6, 6.07) is 8.49. The third-order valence-electron chi connectivity index (χ3n) is 4.02. The number of hydrogen-bond donors (Lipinski definition) is 2. The van der Waals surface area contributed by atoms with Gasteiger partial charge in [-0.3, -0.25) is 4.79 Å². The summed E-state index contributed by atoms with van der Waals surface area (Å²) in [5.74, 6) is 1.61. The summed E-state index contributed by atoms with van der Waals surface area (Å²) in [7, 11) is 0. The van der Waals surface area contributed by atoms with Crippen molar-refractivity contribution in [2.24, 2.45) is 0 Å². The van der Waals surface area contributed by atoms with E-state index in [1.54, 1.807) is 0 Å². The Kier molecular flexibility index (Phi) is 6.05. The van der Waals surface area contributed by atoms with Gasteiger partial charge in [0.1, 0.15) is 5.75 Å². The summed E-state index contributed by atoms with van der Waals surface area (Å²) in [6.07, 6.45) is 2.54. The van der Waals surface area contributed by atoms with Gasteiger partial charge in [0, 0.05) is 31.5 Å². The topological polar surface area (TPSA) is 50.4 Å². The van der Waals surface area contributed by atoms with Gasteiger partial charge in [-0.25, -0.2) is 0 Å². The van der Waals surface area contributed by atoms with Crippen LogP contribution in [0.3, 0.4) is 0 Å². The molecular weight excluding hydrogens is 264 g/mol. The van der Waals surface area contributed by atoms with Gasteiger partial charge in [-0.2, -0.15) is 0 Å². The molecule has 4 heteroatoms. The average Bonchev–Trinajstić information content (AvgIpc) is 2.51. The largest absolute Gasteiger partial charge is 0.493 e. The van der Waals surface area contributed by atoms with Gasteiger partial charge in [-0.05, 0) is 31.4 Å². The first kappa shape index (κ1) is 15.8. The Balaban J connectivity index is 1.71. The molecule has 2 N–H and O–H groups in total. The first-order valence-electron chi connectivity index (χ1n) is 7.92. The van der Waals surface area contributed by atoms with Crippen molar-refractivity contribution in [3.63, 3.8) is 0 Å². The molecule has 0 saturated carbocycles. The van der Waals surface area contributed by atoms with Gasteiger partial charge in [0.25, 0.3) is 0 Å². The molecule has 0 aromatic heterocycles. The van der Waals surface area contributed by atoms with E-state index in [0.717, 1.165) is 38.3 Å². The van der Waals surface area contributed by atoms with Crippen LogP contribution in [0.25, 0.3) is 0 Å². The predicted octanol–water partition coefficient (Wildman–Crippen LogP) is 2.45. The summed E-state index contributed by atoms with van der Waals surface area (Å²) in [6.45, 7) is 6.51. The normalized spacial score (nSPS) is 18.5. The van der Waals surface area contributed by atoms with E-state index >= 15 is 0 Å². The second-order valence-corrected chi connectivity index (χ2v) is 5.70. The number of para-hydroxylation sites is 1. The number of fused-ring (bicyclic) bond motifs is 1. The van der Waals surface area contributed by atoms with Crippen molar-refractivity contribution in [2.45, 2.75) is 45.1 Å². The lowest BCUT2D eigenvalue weighted by atomic mass is 9.93. The van der Waals surface area contributed by atoms with Gasteiger partial charge in [0.05, 0.1) is 6.61 Å². The number of amides is 1. The minimum absolute atomic E-state index is 0.129. The fraction of sp³-hybridized carbons (Fsp3) is 0.588. The lowest BCUT2D eigenvalue weighted by Crippen LogP contribution is -2.35. The molecule has 2 atom stereocenters. The molecule has 2 rings (SSSR count). The van der Waals surface area contributed by atoms with Gasteiger partial charge >= 0.3 is 0 Å². The van der Waals surface area contributed by atoms with E-state index in [9.17, 15) is 4.79 Å². The van der Waals surface area contributed by atoms with Crippen molar-refractivity contribution >= 4 is 5.91 Å². The molecule has 0 fully saturated rings. The van der Waals surface area contributed by atoms with Crippen molar-refractivity contribution < 1.29 is 9.53 Å². The molecule has 4 nitrogen and oxygen atoms in total. The van der Waals surface area contributed by atoms with Gasteiger partial charge in [0.15, 0.2) is 0 Å². The minimum Gasteiger partial charge on any atom is -0.493 e. The Morgan fingerprint density at radius 1 is 1.43 bits per heavy atom. The van der Waals surface area contributed by atoms with Crippen molar-refractivity contribution in [2.75, 3.05) is 19.7 Å². The molecule has 1 aliphatic heterocycles. The SMILES string of the molecule is CCC(C)NC(=O)CCNCC1CCOc2ccccc21. The van der Waals surface area contributed by atoms with Gasteiger partial charge in [-0.1, -0.05) is 25.1 Å². The third-order valence-corrected chi connectivity index (χ3v) is 4.02.